The molecule has 3 heteroatoms. The molecule has 0 spiro atoms. The minimum Gasteiger partial charge on any atom is -0.508 e. The molecular weight excluding hydrogens is 171 g/mol. The van der Waals surface area contributed by atoms with Gasteiger partial charge in [0.25, 0.3) is 0 Å². The Morgan fingerprint density at radius 2 is 1.90 bits per heavy atom. The van der Waals surface area contributed by atoms with E-state index in [1.165, 1.54) is 6.07 Å². The van der Waals surface area contributed by atoms with Crippen molar-refractivity contribution in [3.05, 3.63) is 27.7 Å². The molecule has 0 radical (unpaired) electrons. The van der Waals surface area contributed by atoms with Crippen molar-refractivity contribution in [1.82, 2.24) is 0 Å². The van der Waals surface area contributed by atoms with Crippen LogP contribution >= 0.6 is 23.2 Å². The number of aromatic hydroxyl groups is 1. The fourth-order valence-electron chi connectivity index (χ4n) is 0.632. The predicted molar refractivity (Wildman–Crippen MR) is 42.9 cm³/mol. The number of hydrogen-bond donors (Lipinski definition) is 1. The summed E-state index contributed by atoms with van der Waals surface area (Å²) in [5.41, 5.74) is 0.658. The van der Waals surface area contributed by atoms with E-state index in [1.54, 1.807) is 13.0 Å². The quantitative estimate of drug-likeness (QED) is 0.645. The maximum atomic E-state index is 9.11. The predicted octanol–water partition coefficient (Wildman–Crippen LogP) is 3.01. The van der Waals surface area contributed by atoms with Crippen molar-refractivity contribution in [2.24, 2.45) is 0 Å². The summed E-state index contributed by atoms with van der Waals surface area (Å²) in [6.07, 6.45) is 0. The standard InChI is InChI=1S/C7H6Cl2O/c1-4-6(9)2-5(8)3-7(4)10/h2-3,10H,1H3. The molecule has 1 N–H and O–H groups in total. The molecule has 0 saturated heterocycles. The van der Waals surface area contributed by atoms with Gasteiger partial charge < -0.3 is 5.11 Å². The molecule has 0 aliphatic carbocycles. The van der Waals surface area contributed by atoms with Crippen molar-refractivity contribution in [2.75, 3.05) is 0 Å². The van der Waals surface area contributed by atoms with Crippen molar-refractivity contribution in [3.63, 3.8) is 0 Å². The van der Waals surface area contributed by atoms with Crippen LogP contribution in [0.5, 0.6) is 5.75 Å². The lowest BCUT2D eigenvalue weighted by Crippen LogP contribution is -1.76. The number of hydrogen-bond acceptors (Lipinski definition) is 1. The Kier molecular flexibility index (Phi) is 2.07. The van der Waals surface area contributed by atoms with E-state index in [4.69, 9.17) is 28.3 Å². The van der Waals surface area contributed by atoms with Crippen LogP contribution in [0.3, 0.4) is 0 Å². The zero-order valence-electron chi connectivity index (χ0n) is 5.36. The number of rotatable bonds is 0. The Bertz CT molecular complexity index is 235. The summed E-state index contributed by atoms with van der Waals surface area (Å²) in [5, 5.41) is 10.1. The Labute approximate surface area is 69.2 Å². The first-order chi connectivity index (χ1) is 4.61. The van der Waals surface area contributed by atoms with Crippen LogP contribution in [-0.2, 0) is 0 Å². The van der Waals surface area contributed by atoms with E-state index < -0.39 is 0 Å². The minimum absolute atomic E-state index is 0.137. The summed E-state index contributed by atoms with van der Waals surface area (Å²) in [6.45, 7) is 1.73. The van der Waals surface area contributed by atoms with Crippen molar-refractivity contribution in [2.45, 2.75) is 6.92 Å². The molecule has 0 bridgehead atoms. The van der Waals surface area contributed by atoms with Gasteiger partial charge in [-0.05, 0) is 19.1 Å². The van der Waals surface area contributed by atoms with E-state index in [1.807, 2.05) is 0 Å². The van der Waals surface area contributed by atoms with Gasteiger partial charge in [0.05, 0.1) is 0 Å². The summed E-state index contributed by atoms with van der Waals surface area (Å²) >= 11 is 11.3. The maximum Gasteiger partial charge on any atom is 0.121 e. The highest BCUT2D eigenvalue weighted by atomic mass is 35.5. The van der Waals surface area contributed by atoms with Crippen LogP contribution in [0.25, 0.3) is 0 Å². The van der Waals surface area contributed by atoms with Crippen LogP contribution in [0.1, 0.15) is 5.56 Å². The van der Waals surface area contributed by atoms with Gasteiger partial charge in [0.15, 0.2) is 0 Å². The summed E-state index contributed by atoms with van der Waals surface area (Å²) < 4.78 is 0. The van der Waals surface area contributed by atoms with Crippen LogP contribution in [-0.4, -0.2) is 5.11 Å². The average Bonchev–Trinajstić information content (AvgIpc) is 1.82. The zero-order valence-corrected chi connectivity index (χ0v) is 6.87. The summed E-state index contributed by atoms with van der Waals surface area (Å²) in [4.78, 5) is 0. The Balaban J connectivity index is 3.31. The van der Waals surface area contributed by atoms with Crippen LogP contribution < -0.4 is 0 Å². The largest absolute Gasteiger partial charge is 0.508 e. The van der Waals surface area contributed by atoms with E-state index >= 15 is 0 Å². The smallest absolute Gasteiger partial charge is 0.121 e. The van der Waals surface area contributed by atoms with Gasteiger partial charge >= 0.3 is 0 Å². The van der Waals surface area contributed by atoms with Gasteiger partial charge in [0.2, 0.25) is 0 Å². The molecule has 0 amide bonds. The number of halogens is 2. The van der Waals surface area contributed by atoms with Gasteiger partial charge in [-0.15, -0.1) is 0 Å². The second-order valence-corrected chi connectivity index (χ2v) is 2.88. The van der Waals surface area contributed by atoms with Crippen LogP contribution in [0.15, 0.2) is 12.1 Å². The van der Waals surface area contributed by atoms with E-state index in [9.17, 15) is 0 Å². The van der Waals surface area contributed by atoms with Crippen LogP contribution in [0.4, 0.5) is 0 Å². The van der Waals surface area contributed by atoms with Gasteiger partial charge in [-0.2, -0.15) is 0 Å². The highest BCUT2D eigenvalue weighted by Crippen LogP contribution is 2.28. The number of phenolic OH excluding ortho intramolecular Hbond substituents is 1. The Morgan fingerprint density at radius 3 is 2.40 bits per heavy atom. The molecule has 0 heterocycles. The molecule has 0 aliphatic heterocycles. The summed E-state index contributed by atoms with van der Waals surface area (Å²) in [6, 6.07) is 3.06. The third-order valence-corrected chi connectivity index (χ3v) is 1.89. The molecular formula is C7H6Cl2O. The molecule has 10 heavy (non-hydrogen) atoms. The summed E-state index contributed by atoms with van der Waals surface area (Å²) in [7, 11) is 0. The molecule has 1 aromatic carbocycles. The minimum atomic E-state index is 0.137. The highest BCUT2D eigenvalue weighted by Gasteiger charge is 2.01. The van der Waals surface area contributed by atoms with E-state index in [2.05, 4.69) is 0 Å². The zero-order chi connectivity index (χ0) is 7.72. The molecule has 0 atom stereocenters. The first-order valence-electron chi connectivity index (χ1n) is 2.76. The Hall–Kier alpha value is -0.400. The van der Waals surface area contributed by atoms with Gasteiger partial charge in [0.1, 0.15) is 5.75 Å². The van der Waals surface area contributed by atoms with Crippen molar-refractivity contribution < 1.29 is 5.11 Å². The first kappa shape index (κ1) is 7.70. The molecule has 54 valence electrons. The van der Waals surface area contributed by atoms with Gasteiger partial charge in [-0.1, -0.05) is 23.2 Å². The fraction of sp³-hybridized carbons (Fsp3) is 0.143. The lowest BCUT2D eigenvalue weighted by Gasteiger charge is -2.00. The number of benzene rings is 1. The van der Waals surface area contributed by atoms with E-state index in [0.717, 1.165) is 0 Å². The van der Waals surface area contributed by atoms with Crippen molar-refractivity contribution in [1.29, 1.82) is 0 Å². The second kappa shape index (κ2) is 2.69. The van der Waals surface area contributed by atoms with E-state index in [-0.39, 0.29) is 5.75 Å². The maximum absolute atomic E-state index is 9.11. The lowest BCUT2D eigenvalue weighted by atomic mass is 10.2. The molecule has 0 unspecified atom stereocenters. The van der Waals surface area contributed by atoms with Crippen molar-refractivity contribution in [3.8, 4) is 5.75 Å². The van der Waals surface area contributed by atoms with Crippen molar-refractivity contribution >= 4 is 23.2 Å². The monoisotopic (exact) mass is 176 g/mol. The summed E-state index contributed by atoms with van der Waals surface area (Å²) in [5.74, 6) is 0.137. The topological polar surface area (TPSA) is 20.2 Å². The molecule has 1 nitrogen and oxygen atoms in total. The number of phenols is 1. The third kappa shape index (κ3) is 1.36. The normalized spacial score (nSPS) is 9.90. The molecule has 1 aromatic rings. The fourth-order valence-corrected chi connectivity index (χ4v) is 1.11. The van der Waals surface area contributed by atoms with Gasteiger partial charge in [-0.25, -0.2) is 0 Å². The highest BCUT2D eigenvalue weighted by molar-refractivity contribution is 6.35. The van der Waals surface area contributed by atoms with Gasteiger partial charge in [-0.3, -0.25) is 0 Å². The third-order valence-electron chi connectivity index (χ3n) is 1.28. The average molecular weight is 177 g/mol. The van der Waals surface area contributed by atoms with Crippen LogP contribution in [0.2, 0.25) is 10.0 Å². The molecule has 0 fully saturated rings. The Morgan fingerprint density at radius 1 is 1.30 bits per heavy atom. The molecule has 0 aromatic heterocycles. The van der Waals surface area contributed by atoms with E-state index in [0.29, 0.717) is 15.6 Å². The van der Waals surface area contributed by atoms with Gasteiger partial charge in [0, 0.05) is 15.6 Å². The second-order valence-electron chi connectivity index (χ2n) is 2.03. The van der Waals surface area contributed by atoms with Crippen LogP contribution in [0, 0.1) is 6.92 Å². The molecule has 1 rings (SSSR count). The molecule has 0 saturated carbocycles. The molecule has 0 aliphatic rings. The first-order valence-corrected chi connectivity index (χ1v) is 3.51. The SMILES string of the molecule is Cc1c(O)cc(Cl)cc1Cl. The lowest BCUT2D eigenvalue weighted by molar-refractivity contribution is 0.471.